The molecule has 1 aliphatic carbocycles. The Hall–Kier alpha value is -4.99. The highest BCUT2D eigenvalue weighted by atomic mass is 16.6. The number of hydrogen-bond donors (Lipinski definition) is 2. The fourth-order valence-corrected chi connectivity index (χ4v) is 5.14. The minimum absolute atomic E-state index is 0.0317. The van der Waals surface area contributed by atoms with Gasteiger partial charge in [0, 0.05) is 17.2 Å². The Kier molecular flexibility index (Phi) is 6.73. The summed E-state index contributed by atoms with van der Waals surface area (Å²) < 4.78 is 7.45. The lowest BCUT2D eigenvalue weighted by molar-refractivity contribution is -0.386. The van der Waals surface area contributed by atoms with Crippen LogP contribution >= 0.6 is 0 Å². The van der Waals surface area contributed by atoms with Gasteiger partial charge in [-0.15, -0.1) is 0 Å². The van der Waals surface area contributed by atoms with Gasteiger partial charge in [0.1, 0.15) is 17.3 Å². The zero-order valence-electron chi connectivity index (χ0n) is 22.0. The predicted octanol–water partition coefficient (Wildman–Crippen LogP) is 6.49. The lowest BCUT2D eigenvalue weighted by atomic mass is 9.95. The highest BCUT2D eigenvalue weighted by Crippen LogP contribution is 2.36. The molecule has 2 heterocycles. The van der Waals surface area contributed by atoms with Gasteiger partial charge in [0.15, 0.2) is 0 Å². The second kappa shape index (κ2) is 10.6. The standard InChI is InChI=1S/C30H28N6O4/c1-19-27(36(38)39)30(35(34-19)23-10-6-3-7-11-23)40-24-15-12-20(13-16-24)28-32-25-17-14-21(18-26(25)33-28)29(37)31-22-8-4-2-5-9-22/h3,6-7,10-18,22H,2,4-5,8-9H2,1H3,(H,31,37)(H,32,33). The molecule has 1 saturated carbocycles. The molecule has 0 bridgehead atoms. The zero-order valence-corrected chi connectivity index (χ0v) is 22.0. The lowest BCUT2D eigenvalue weighted by Crippen LogP contribution is -2.36. The van der Waals surface area contributed by atoms with Gasteiger partial charge in [-0.25, -0.2) is 4.98 Å². The number of aryl methyl sites for hydroxylation is 1. The minimum atomic E-state index is -0.483. The van der Waals surface area contributed by atoms with E-state index in [1.807, 2.05) is 42.5 Å². The van der Waals surface area contributed by atoms with Crippen molar-refractivity contribution in [1.29, 1.82) is 0 Å². The van der Waals surface area contributed by atoms with E-state index in [0.29, 0.717) is 22.8 Å². The third kappa shape index (κ3) is 5.03. The number of nitrogens with zero attached hydrogens (tertiary/aromatic N) is 4. The highest BCUT2D eigenvalue weighted by Gasteiger charge is 2.28. The smallest absolute Gasteiger partial charge is 0.354 e. The van der Waals surface area contributed by atoms with E-state index in [2.05, 4.69) is 20.4 Å². The second-order valence-corrected chi connectivity index (χ2v) is 10.00. The van der Waals surface area contributed by atoms with E-state index >= 15 is 0 Å². The van der Waals surface area contributed by atoms with Crippen LogP contribution in [0.15, 0.2) is 72.8 Å². The normalized spacial score (nSPS) is 13.8. The molecule has 0 spiro atoms. The average Bonchev–Trinajstić information content (AvgIpc) is 3.54. The first kappa shape index (κ1) is 25.3. The van der Waals surface area contributed by atoms with Crippen molar-refractivity contribution in [1.82, 2.24) is 25.1 Å². The highest BCUT2D eigenvalue weighted by molar-refractivity contribution is 5.97. The first-order chi connectivity index (χ1) is 19.5. The summed E-state index contributed by atoms with van der Waals surface area (Å²) in [7, 11) is 0. The predicted molar refractivity (Wildman–Crippen MR) is 151 cm³/mol. The van der Waals surface area contributed by atoms with Crippen molar-refractivity contribution in [2.24, 2.45) is 0 Å². The van der Waals surface area contributed by atoms with Gasteiger partial charge in [-0.3, -0.25) is 14.9 Å². The Morgan fingerprint density at radius 2 is 1.80 bits per heavy atom. The Bertz CT molecular complexity index is 1690. The summed E-state index contributed by atoms with van der Waals surface area (Å²) in [6.45, 7) is 1.58. The van der Waals surface area contributed by atoms with Crippen LogP contribution in [-0.2, 0) is 0 Å². The summed E-state index contributed by atoms with van der Waals surface area (Å²) in [5, 5.41) is 19.3. The van der Waals surface area contributed by atoms with Crippen molar-refractivity contribution in [3.8, 4) is 28.7 Å². The molecule has 2 aromatic heterocycles. The van der Waals surface area contributed by atoms with E-state index in [0.717, 1.165) is 42.3 Å². The fraction of sp³-hybridized carbons (Fsp3) is 0.233. The molecule has 10 nitrogen and oxygen atoms in total. The van der Waals surface area contributed by atoms with Crippen LogP contribution in [0.5, 0.6) is 11.6 Å². The molecule has 5 aromatic rings. The number of amides is 1. The summed E-state index contributed by atoms with van der Waals surface area (Å²) in [6.07, 6.45) is 5.61. The van der Waals surface area contributed by atoms with Crippen molar-refractivity contribution in [3.05, 3.63) is 94.2 Å². The topological polar surface area (TPSA) is 128 Å². The molecule has 1 fully saturated rings. The molecule has 0 radical (unpaired) electrons. The van der Waals surface area contributed by atoms with Crippen LogP contribution in [0.3, 0.4) is 0 Å². The minimum Gasteiger partial charge on any atom is -0.434 e. The van der Waals surface area contributed by atoms with E-state index < -0.39 is 4.92 Å². The average molecular weight is 537 g/mol. The van der Waals surface area contributed by atoms with Crippen LogP contribution in [-0.4, -0.2) is 36.6 Å². The third-order valence-electron chi connectivity index (χ3n) is 7.20. The molecule has 6 rings (SSSR count). The number of hydrogen-bond acceptors (Lipinski definition) is 6. The van der Waals surface area contributed by atoms with Gasteiger partial charge >= 0.3 is 11.6 Å². The number of fused-ring (bicyclic) bond motifs is 1. The molecular formula is C30H28N6O4. The number of rotatable bonds is 7. The number of nitrogens with one attached hydrogen (secondary N) is 2. The Labute approximate surface area is 230 Å². The van der Waals surface area contributed by atoms with E-state index in [9.17, 15) is 14.9 Å². The first-order valence-electron chi connectivity index (χ1n) is 13.3. The van der Waals surface area contributed by atoms with Crippen LogP contribution in [0.1, 0.15) is 48.2 Å². The van der Waals surface area contributed by atoms with Crippen LogP contribution in [0.2, 0.25) is 0 Å². The van der Waals surface area contributed by atoms with Gasteiger partial charge < -0.3 is 15.0 Å². The van der Waals surface area contributed by atoms with E-state index in [1.54, 1.807) is 37.3 Å². The molecule has 3 aromatic carbocycles. The second-order valence-electron chi connectivity index (χ2n) is 10.00. The maximum absolute atomic E-state index is 12.8. The molecule has 0 unspecified atom stereocenters. The zero-order chi connectivity index (χ0) is 27.6. The third-order valence-corrected chi connectivity index (χ3v) is 7.20. The Balaban J connectivity index is 1.23. The van der Waals surface area contributed by atoms with Gasteiger partial charge in [-0.2, -0.15) is 9.78 Å². The Morgan fingerprint density at radius 3 is 2.52 bits per heavy atom. The summed E-state index contributed by atoms with van der Waals surface area (Å²) in [6, 6.07) is 21.9. The molecule has 0 aliphatic heterocycles. The number of carbonyl (C=O) groups excluding carboxylic acids is 1. The summed E-state index contributed by atoms with van der Waals surface area (Å²) in [5.41, 5.74) is 3.65. The first-order valence-corrected chi connectivity index (χ1v) is 13.3. The van der Waals surface area contributed by atoms with E-state index in [4.69, 9.17) is 4.74 Å². The number of para-hydroxylation sites is 1. The van der Waals surface area contributed by atoms with Crippen LogP contribution < -0.4 is 10.1 Å². The molecule has 1 amide bonds. The molecule has 1 aliphatic rings. The van der Waals surface area contributed by atoms with Gasteiger partial charge in [0.05, 0.1) is 21.6 Å². The SMILES string of the molecule is Cc1nn(-c2ccccc2)c(Oc2ccc(-c3nc4ccc(C(=O)NC5CCCCC5)cc4[nH]3)cc2)c1[N+](=O)[O-]. The number of aromatic nitrogens is 4. The van der Waals surface area contributed by atoms with Crippen molar-refractivity contribution in [2.45, 2.75) is 45.1 Å². The van der Waals surface area contributed by atoms with Gasteiger partial charge in [0.2, 0.25) is 0 Å². The molecule has 10 heteroatoms. The number of aromatic amines is 1. The lowest BCUT2D eigenvalue weighted by Gasteiger charge is -2.22. The maximum Gasteiger partial charge on any atom is 0.354 e. The van der Waals surface area contributed by atoms with E-state index in [-0.39, 0.29) is 29.2 Å². The van der Waals surface area contributed by atoms with Crippen molar-refractivity contribution < 1.29 is 14.5 Å². The number of nitro groups is 1. The Morgan fingerprint density at radius 1 is 1.05 bits per heavy atom. The van der Waals surface area contributed by atoms with Gasteiger partial charge in [-0.1, -0.05) is 37.5 Å². The monoisotopic (exact) mass is 536 g/mol. The molecule has 202 valence electrons. The van der Waals surface area contributed by atoms with Gasteiger partial charge in [0.25, 0.3) is 5.91 Å². The summed E-state index contributed by atoms with van der Waals surface area (Å²) in [5.74, 6) is 1.03. The molecular weight excluding hydrogens is 508 g/mol. The summed E-state index contributed by atoms with van der Waals surface area (Å²) >= 11 is 0. The number of benzene rings is 3. The maximum atomic E-state index is 12.8. The fourth-order valence-electron chi connectivity index (χ4n) is 5.14. The number of carbonyl (C=O) groups is 1. The summed E-state index contributed by atoms with van der Waals surface area (Å²) in [4.78, 5) is 32.1. The van der Waals surface area contributed by atoms with Crippen LogP contribution in [0.4, 0.5) is 5.69 Å². The number of ether oxygens (including phenoxy) is 1. The molecule has 0 saturated heterocycles. The van der Waals surface area contributed by atoms with Gasteiger partial charge in [-0.05, 0) is 74.4 Å². The number of imidazole rings is 1. The van der Waals surface area contributed by atoms with Crippen molar-refractivity contribution in [3.63, 3.8) is 0 Å². The van der Waals surface area contributed by atoms with Crippen molar-refractivity contribution >= 4 is 22.6 Å². The van der Waals surface area contributed by atoms with Crippen LogP contribution in [0.25, 0.3) is 28.1 Å². The van der Waals surface area contributed by atoms with E-state index in [1.165, 1.54) is 11.1 Å². The molecule has 40 heavy (non-hydrogen) atoms. The quantitative estimate of drug-likeness (QED) is 0.181. The molecule has 0 atom stereocenters. The van der Waals surface area contributed by atoms with Crippen molar-refractivity contribution in [2.75, 3.05) is 0 Å². The largest absolute Gasteiger partial charge is 0.434 e. The number of H-pyrrole nitrogens is 1. The van der Waals surface area contributed by atoms with Crippen LogP contribution in [0, 0.1) is 17.0 Å². The molecule has 2 N–H and O–H groups in total.